The van der Waals surface area contributed by atoms with Crippen LogP contribution in [0.15, 0.2) is 30.3 Å². The summed E-state index contributed by atoms with van der Waals surface area (Å²) in [6.45, 7) is 6.37. The van der Waals surface area contributed by atoms with Crippen molar-refractivity contribution in [3.63, 3.8) is 0 Å². The Labute approximate surface area is 142 Å². The van der Waals surface area contributed by atoms with Crippen molar-refractivity contribution >= 4 is 17.7 Å². The van der Waals surface area contributed by atoms with E-state index >= 15 is 0 Å². The number of rotatable bonds is 4. The third-order valence-electron chi connectivity index (χ3n) is 3.82. The summed E-state index contributed by atoms with van der Waals surface area (Å²) in [4.78, 5) is 38.2. The SMILES string of the molecule is CC(C)(C)CC(=O)N1CNC(=O)CC1C(=O)NCc1ccccc1. The summed E-state index contributed by atoms with van der Waals surface area (Å²) in [6.07, 6.45) is 0.321. The molecule has 130 valence electrons. The molecule has 2 N–H and O–H groups in total. The van der Waals surface area contributed by atoms with Crippen LogP contribution in [0.4, 0.5) is 0 Å². The van der Waals surface area contributed by atoms with E-state index in [2.05, 4.69) is 10.6 Å². The molecule has 1 aromatic rings. The molecular weight excluding hydrogens is 306 g/mol. The first-order valence-electron chi connectivity index (χ1n) is 8.14. The molecule has 1 saturated heterocycles. The van der Waals surface area contributed by atoms with Crippen LogP contribution in [0.3, 0.4) is 0 Å². The number of nitrogens with zero attached hydrogens (tertiary/aromatic N) is 1. The van der Waals surface area contributed by atoms with Crippen molar-refractivity contribution in [1.82, 2.24) is 15.5 Å². The van der Waals surface area contributed by atoms with Crippen LogP contribution in [0, 0.1) is 5.41 Å². The summed E-state index contributed by atoms with van der Waals surface area (Å²) < 4.78 is 0. The fourth-order valence-corrected chi connectivity index (χ4v) is 2.60. The zero-order chi connectivity index (χ0) is 17.7. The maximum absolute atomic E-state index is 12.5. The third kappa shape index (κ3) is 5.08. The summed E-state index contributed by atoms with van der Waals surface area (Å²) in [5.74, 6) is -0.631. The van der Waals surface area contributed by atoms with Crippen LogP contribution in [-0.4, -0.2) is 35.3 Å². The molecule has 1 unspecified atom stereocenters. The van der Waals surface area contributed by atoms with Gasteiger partial charge in [-0.25, -0.2) is 0 Å². The average molecular weight is 331 g/mol. The average Bonchev–Trinajstić information content (AvgIpc) is 2.51. The highest BCUT2D eigenvalue weighted by Crippen LogP contribution is 2.22. The molecule has 0 radical (unpaired) electrons. The highest BCUT2D eigenvalue weighted by Gasteiger charge is 2.36. The van der Waals surface area contributed by atoms with Crippen molar-refractivity contribution in [1.29, 1.82) is 0 Å². The summed E-state index contributed by atoms with van der Waals surface area (Å²) >= 11 is 0. The Morgan fingerprint density at radius 2 is 1.92 bits per heavy atom. The van der Waals surface area contributed by atoms with Gasteiger partial charge in [-0.1, -0.05) is 51.1 Å². The molecule has 1 aromatic carbocycles. The summed E-state index contributed by atoms with van der Waals surface area (Å²) in [5, 5.41) is 5.47. The molecule has 0 bridgehead atoms. The van der Waals surface area contributed by atoms with E-state index in [0.29, 0.717) is 13.0 Å². The van der Waals surface area contributed by atoms with E-state index in [1.165, 1.54) is 4.90 Å². The predicted octanol–water partition coefficient (Wildman–Crippen LogP) is 1.41. The number of nitrogens with one attached hydrogen (secondary N) is 2. The maximum atomic E-state index is 12.5. The summed E-state index contributed by atoms with van der Waals surface area (Å²) in [7, 11) is 0. The minimum Gasteiger partial charge on any atom is -0.350 e. The normalized spacial score (nSPS) is 18.0. The number of hydrogen-bond donors (Lipinski definition) is 2. The van der Waals surface area contributed by atoms with E-state index in [-0.39, 0.29) is 36.2 Å². The molecule has 0 spiro atoms. The highest BCUT2D eigenvalue weighted by atomic mass is 16.2. The van der Waals surface area contributed by atoms with Gasteiger partial charge in [-0.15, -0.1) is 0 Å². The first-order chi connectivity index (χ1) is 11.3. The maximum Gasteiger partial charge on any atom is 0.243 e. The van der Waals surface area contributed by atoms with Gasteiger partial charge in [0.05, 0.1) is 13.1 Å². The zero-order valence-electron chi connectivity index (χ0n) is 14.5. The minimum absolute atomic E-state index is 0.00347. The van der Waals surface area contributed by atoms with Crippen LogP contribution in [0.2, 0.25) is 0 Å². The Hall–Kier alpha value is -2.37. The lowest BCUT2D eigenvalue weighted by atomic mass is 9.91. The fraction of sp³-hybridized carbons (Fsp3) is 0.500. The lowest BCUT2D eigenvalue weighted by Gasteiger charge is -2.36. The van der Waals surface area contributed by atoms with E-state index in [1.807, 2.05) is 51.1 Å². The molecule has 1 fully saturated rings. The first-order valence-corrected chi connectivity index (χ1v) is 8.14. The molecule has 1 aliphatic rings. The largest absolute Gasteiger partial charge is 0.350 e. The Bertz CT molecular complexity index is 608. The second-order valence-electron chi connectivity index (χ2n) is 7.28. The molecule has 2 rings (SSSR count). The number of carbonyl (C=O) groups excluding carboxylic acids is 3. The molecule has 3 amide bonds. The predicted molar refractivity (Wildman–Crippen MR) is 90.6 cm³/mol. The van der Waals surface area contributed by atoms with Crippen molar-refractivity contribution in [3.8, 4) is 0 Å². The smallest absolute Gasteiger partial charge is 0.243 e. The van der Waals surface area contributed by atoms with Gasteiger partial charge in [0.2, 0.25) is 17.7 Å². The molecule has 1 heterocycles. The van der Waals surface area contributed by atoms with Gasteiger partial charge in [-0.05, 0) is 11.0 Å². The van der Waals surface area contributed by atoms with E-state index in [0.717, 1.165) is 5.56 Å². The molecule has 1 aliphatic heterocycles. The summed E-state index contributed by atoms with van der Waals surface area (Å²) in [6, 6.07) is 8.78. The van der Waals surface area contributed by atoms with Gasteiger partial charge < -0.3 is 15.5 Å². The van der Waals surface area contributed by atoms with Crippen molar-refractivity contribution in [2.45, 2.75) is 46.2 Å². The van der Waals surface area contributed by atoms with Crippen LogP contribution >= 0.6 is 0 Å². The topological polar surface area (TPSA) is 78.5 Å². The quantitative estimate of drug-likeness (QED) is 0.876. The monoisotopic (exact) mass is 331 g/mol. The third-order valence-corrected chi connectivity index (χ3v) is 3.82. The molecule has 0 aromatic heterocycles. The van der Waals surface area contributed by atoms with E-state index in [4.69, 9.17) is 0 Å². The lowest BCUT2D eigenvalue weighted by molar-refractivity contribution is -0.148. The number of amides is 3. The fourth-order valence-electron chi connectivity index (χ4n) is 2.60. The van der Waals surface area contributed by atoms with Crippen LogP contribution < -0.4 is 10.6 Å². The number of hydrogen-bond acceptors (Lipinski definition) is 3. The molecule has 0 aliphatic carbocycles. The Kier molecular flexibility index (Phi) is 5.59. The van der Waals surface area contributed by atoms with Gasteiger partial charge in [0, 0.05) is 13.0 Å². The zero-order valence-corrected chi connectivity index (χ0v) is 14.5. The Balaban J connectivity index is 2.03. The van der Waals surface area contributed by atoms with Crippen molar-refractivity contribution in [2.75, 3.05) is 6.67 Å². The summed E-state index contributed by atoms with van der Waals surface area (Å²) in [5.41, 5.74) is 0.794. The van der Waals surface area contributed by atoms with Crippen LogP contribution in [0.5, 0.6) is 0 Å². The van der Waals surface area contributed by atoms with Crippen molar-refractivity contribution < 1.29 is 14.4 Å². The second-order valence-corrected chi connectivity index (χ2v) is 7.28. The van der Waals surface area contributed by atoms with Crippen molar-refractivity contribution in [3.05, 3.63) is 35.9 Å². The molecule has 6 nitrogen and oxygen atoms in total. The van der Waals surface area contributed by atoms with Gasteiger partial charge in [0.15, 0.2) is 0 Å². The van der Waals surface area contributed by atoms with E-state index in [1.54, 1.807) is 0 Å². The molecule has 6 heteroatoms. The Morgan fingerprint density at radius 3 is 2.54 bits per heavy atom. The van der Waals surface area contributed by atoms with Crippen LogP contribution in [-0.2, 0) is 20.9 Å². The number of carbonyl (C=O) groups is 3. The lowest BCUT2D eigenvalue weighted by Crippen LogP contribution is -2.59. The second kappa shape index (κ2) is 7.47. The standard InChI is InChI=1S/C18H25N3O3/c1-18(2,3)10-16(23)21-12-20-15(22)9-14(21)17(24)19-11-13-7-5-4-6-8-13/h4-8,14H,9-12H2,1-3H3,(H,19,24)(H,20,22). The molecule has 1 atom stereocenters. The van der Waals surface area contributed by atoms with Crippen molar-refractivity contribution in [2.24, 2.45) is 5.41 Å². The van der Waals surface area contributed by atoms with E-state index in [9.17, 15) is 14.4 Å². The molecule has 24 heavy (non-hydrogen) atoms. The molecule has 0 saturated carbocycles. The first kappa shape index (κ1) is 18.0. The Morgan fingerprint density at radius 1 is 1.25 bits per heavy atom. The highest BCUT2D eigenvalue weighted by molar-refractivity contribution is 5.93. The van der Waals surface area contributed by atoms with E-state index < -0.39 is 6.04 Å². The van der Waals surface area contributed by atoms with Gasteiger partial charge in [-0.3, -0.25) is 14.4 Å². The van der Waals surface area contributed by atoms with Gasteiger partial charge in [0.25, 0.3) is 0 Å². The van der Waals surface area contributed by atoms with Gasteiger partial charge >= 0.3 is 0 Å². The molecular formula is C18H25N3O3. The van der Waals surface area contributed by atoms with Gasteiger partial charge in [0.1, 0.15) is 6.04 Å². The van der Waals surface area contributed by atoms with Gasteiger partial charge in [-0.2, -0.15) is 0 Å². The number of benzene rings is 1. The van der Waals surface area contributed by atoms with Crippen LogP contribution in [0.25, 0.3) is 0 Å². The minimum atomic E-state index is -0.752. The van der Waals surface area contributed by atoms with Crippen LogP contribution in [0.1, 0.15) is 39.2 Å².